The number of fused-ring (bicyclic) bond motifs is 3. The first-order chi connectivity index (χ1) is 42.0. The monoisotopic (exact) mass is 1420 g/mol. The van der Waals surface area contributed by atoms with Crippen LogP contribution < -0.4 is 22.0 Å². The molecule has 0 saturated heterocycles. The van der Waals surface area contributed by atoms with E-state index < -0.39 is 153 Å². The minimum atomic E-state index is -5.91. The Hall–Kier alpha value is -7.86. The summed E-state index contributed by atoms with van der Waals surface area (Å²) in [5.41, 5.74) is -14.0. The second-order valence-electron chi connectivity index (χ2n) is 18.6. The average molecular weight is 1420 g/mol. The highest BCUT2D eigenvalue weighted by molar-refractivity contribution is 7.17. The molecular weight excluding hydrogens is 1380 g/mol. The van der Waals surface area contributed by atoms with E-state index in [9.17, 15) is 120 Å². The van der Waals surface area contributed by atoms with Crippen molar-refractivity contribution in [2.75, 3.05) is 28.2 Å². The first kappa shape index (κ1) is 73.2. The molecule has 506 valence electrons. The molecule has 48 heteroatoms. The highest BCUT2D eigenvalue weighted by Gasteiger charge is 2.60. The predicted octanol–water partition coefficient (Wildman–Crippen LogP) is 9.64. The third kappa shape index (κ3) is 16.1. The van der Waals surface area contributed by atoms with Gasteiger partial charge in [-0.1, -0.05) is 40.9 Å². The summed E-state index contributed by atoms with van der Waals surface area (Å²) in [6.45, 7) is -4.77. The molecule has 9 heterocycles. The Labute approximate surface area is 504 Å². The maximum Gasteiger partial charge on any atom is 0.455 e. The Balaban J connectivity index is 0.000000214. The second-order valence-corrected chi connectivity index (χ2v) is 21.7. The molecule has 0 atom stereocenters. The Morgan fingerprint density at radius 1 is 0.457 bits per heavy atom. The number of nitrogens with zero attached hydrogens (tertiary/aromatic N) is 16. The lowest BCUT2D eigenvalue weighted by Crippen LogP contribution is -2.40. The number of halogens is 24. The zero-order valence-electron chi connectivity index (χ0n) is 45.8. The summed E-state index contributed by atoms with van der Waals surface area (Å²) in [5.74, 6) is -15.6. The van der Waals surface area contributed by atoms with E-state index in [1.807, 2.05) is 14.1 Å². The third-order valence-corrected chi connectivity index (χ3v) is 14.0. The van der Waals surface area contributed by atoms with E-state index in [1.165, 1.54) is 0 Å². The van der Waals surface area contributed by atoms with Crippen LogP contribution in [0, 0.1) is 0 Å². The van der Waals surface area contributed by atoms with Crippen LogP contribution in [0.2, 0.25) is 0 Å². The van der Waals surface area contributed by atoms with Gasteiger partial charge in [0.2, 0.25) is 14.9 Å². The Kier molecular flexibility index (Phi) is 20.9. The fraction of sp³-hybridized carbons (Fsp3) is 0.455. The molecule has 0 fully saturated rings. The van der Waals surface area contributed by atoms with Crippen molar-refractivity contribution in [1.29, 1.82) is 0 Å². The van der Waals surface area contributed by atoms with Crippen LogP contribution >= 0.6 is 34.0 Å². The van der Waals surface area contributed by atoms with Crippen molar-refractivity contribution in [3.05, 3.63) is 100 Å². The van der Waals surface area contributed by atoms with Gasteiger partial charge >= 0.3 is 54.8 Å². The molecule has 0 aliphatic heterocycles. The molecule has 0 bridgehead atoms. The SMILES string of the molecule is CCc1nn2c(=O)c(-c3cnn(CC(F)(F)C(F)(F)F)c3)c(C(F)(F)F)nc2s1.CN(C)Cc1nn2c(=O)c(-c3cnn(CC(F)(F)C(F)(F)F)c3)c(C(F)(F)F)nc2s1.CNC.O=c1c(-c2cnn(CC(F)(F)C(F)(F)F)c2)c(C(F)(F)F)nc2sc(CO)nn12. The number of hydrogen-bond donors (Lipinski definition) is 2. The van der Waals surface area contributed by atoms with E-state index in [1.54, 1.807) is 25.9 Å². The third-order valence-electron chi connectivity index (χ3n) is 11.1. The van der Waals surface area contributed by atoms with Crippen molar-refractivity contribution in [3.63, 3.8) is 0 Å². The molecule has 0 radical (unpaired) electrons. The van der Waals surface area contributed by atoms with E-state index in [0.29, 0.717) is 73.5 Å². The zero-order valence-corrected chi connectivity index (χ0v) is 48.3. The number of nitrogens with one attached hydrogen (secondary N) is 1. The molecule has 9 rings (SSSR count). The molecule has 0 aromatic carbocycles. The summed E-state index contributed by atoms with van der Waals surface area (Å²) in [7, 11) is 7.08. The summed E-state index contributed by atoms with van der Waals surface area (Å²) in [6, 6.07) is 0. The minimum Gasteiger partial charge on any atom is -0.389 e. The quantitative estimate of drug-likeness (QED) is 0.102. The van der Waals surface area contributed by atoms with Crippen molar-refractivity contribution >= 4 is 48.9 Å². The van der Waals surface area contributed by atoms with Gasteiger partial charge < -0.3 is 15.3 Å². The van der Waals surface area contributed by atoms with Crippen molar-refractivity contribution in [2.24, 2.45) is 0 Å². The van der Waals surface area contributed by atoms with E-state index in [0.717, 1.165) is 22.7 Å². The van der Waals surface area contributed by atoms with Crippen LogP contribution in [-0.4, -0.2) is 148 Å². The molecule has 0 unspecified atom stereocenters. The number of rotatable bonds is 13. The standard InChI is InChI=1S/C15H12F8N6OS.C14H9F8N5OS.C13H7F8N5O2S.C2H7N/c1-27(2)5-8-26-29-11(30)9(10(14(18,19)20)25-12(29)31-8)7-3-24-28(4-7)6-13(16,17)15(21,22)23;1-2-7-25-27-10(28)8(9(13(17,18)19)24-11(27)29-7)6-3-23-26(4-6)5-12(15,16)14(20,21)22;14-11(15,13(19,20)21)4-25-2-5(1-22-25)7-8(12(16,17)18)23-10-26(9(7)28)24-6(3-27)29-10;1-3-2/h3-4H,5-6H2,1-2H3;3-4H,2,5H2,1H3;1-2,27H,3-4H2;3H,1-2H3. The zero-order chi connectivity index (χ0) is 69.6. The van der Waals surface area contributed by atoms with Crippen LogP contribution in [0.4, 0.5) is 105 Å². The average Bonchev–Trinajstić information content (AvgIpc) is 1.52. The number of aromatic nitrogens is 15. The van der Waals surface area contributed by atoms with E-state index in [4.69, 9.17) is 5.11 Å². The van der Waals surface area contributed by atoms with Gasteiger partial charge in [-0.2, -0.15) is 150 Å². The highest BCUT2D eigenvalue weighted by Crippen LogP contribution is 2.42. The number of aliphatic hydroxyl groups is 1. The number of aliphatic hydroxyl groups excluding tert-OH is 1. The maximum absolute atomic E-state index is 13.6. The molecule has 9 aromatic rings. The molecule has 92 heavy (non-hydrogen) atoms. The number of hydrogen-bond acceptors (Lipinski definition) is 18. The first-order valence-corrected chi connectivity index (χ1v) is 26.7. The Morgan fingerprint density at radius 2 is 0.717 bits per heavy atom. The molecule has 2 N–H and O–H groups in total. The summed E-state index contributed by atoms with van der Waals surface area (Å²) in [6.07, 6.45) is -29.6. The molecule has 0 aliphatic rings. The smallest absolute Gasteiger partial charge is 0.389 e. The van der Waals surface area contributed by atoms with Gasteiger partial charge in [-0.3, -0.25) is 28.4 Å². The van der Waals surface area contributed by atoms with Crippen LogP contribution in [0.1, 0.15) is 39.0 Å². The Bertz CT molecular complexity index is 4080. The van der Waals surface area contributed by atoms with Crippen molar-refractivity contribution in [3.8, 4) is 33.4 Å². The van der Waals surface area contributed by atoms with Crippen LogP contribution in [0.25, 0.3) is 48.3 Å². The lowest BCUT2D eigenvalue weighted by molar-refractivity contribution is -0.287. The highest BCUT2D eigenvalue weighted by atomic mass is 32.1. The van der Waals surface area contributed by atoms with Crippen molar-refractivity contribution in [2.45, 2.75) is 101 Å². The van der Waals surface area contributed by atoms with Crippen LogP contribution in [0.15, 0.2) is 51.6 Å². The molecule has 9 aromatic heterocycles. The molecule has 0 aliphatic carbocycles. The van der Waals surface area contributed by atoms with Gasteiger partial charge in [0, 0.05) is 35.3 Å². The van der Waals surface area contributed by atoms with E-state index in [2.05, 4.69) is 50.9 Å². The fourth-order valence-corrected chi connectivity index (χ4v) is 9.78. The van der Waals surface area contributed by atoms with Crippen molar-refractivity contribution in [1.82, 2.24) is 83.4 Å². The summed E-state index contributed by atoms with van der Waals surface area (Å²) >= 11 is 2.01. The lowest BCUT2D eigenvalue weighted by atomic mass is 10.1. The topological polar surface area (TPSA) is 231 Å². The molecule has 0 saturated carbocycles. The molecule has 0 spiro atoms. The van der Waals surface area contributed by atoms with Gasteiger partial charge in [0.15, 0.2) is 17.1 Å². The van der Waals surface area contributed by atoms with Gasteiger partial charge in [-0.25, -0.2) is 15.0 Å². The van der Waals surface area contributed by atoms with Gasteiger partial charge in [0.25, 0.3) is 16.7 Å². The second kappa shape index (κ2) is 26.3. The summed E-state index contributed by atoms with van der Waals surface area (Å²) in [4.78, 5) is 48.4. The normalized spacial score (nSPS) is 13.2. The minimum absolute atomic E-state index is 0.0669. The number of alkyl halides is 24. The lowest BCUT2D eigenvalue weighted by Gasteiger charge is -2.19. The summed E-state index contributed by atoms with van der Waals surface area (Å²) < 4.78 is 313. The first-order valence-electron chi connectivity index (χ1n) is 24.3. The van der Waals surface area contributed by atoms with Gasteiger partial charge in [-0.05, 0) is 34.6 Å². The van der Waals surface area contributed by atoms with Gasteiger partial charge in [0.05, 0.1) is 48.4 Å². The molecular formula is C44H35F24N17O4S3. The predicted molar refractivity (Wildman–Crippen MR) is 271 cm³/mol. The fourth-order valence-electron chi connectivity index (χ4n) is 7.21. The van der Waals surface area contributed by atoms with Crippen LogP contribution in [0.3, 0.4) is 0 Å². The molecule has 21 nitrogen and oxygen atoms in total. The summed E-state index contributed by atoms with van der Waals surface area (Å²) in [5, 5.41) is 33.3. The van der Waals surface area contributed by atoms with Crippen LogP contribution in [-0.2, 0) is 57.7 Å². The molecule has 0 amide bonds. The number of aryl methyl sites for hydroxylation is 1. The largest absolute Gasteiger partial charge is 0.455 e. The van der Waals surface area contributed by atoms with Gasteiger partial charge in [-0.15, -0.1) is 0 Å². The van der Waals surface area contributed by atoms with E-state index >= 15 is 0 Å². The van der Waals surface area contributed by atoms with Crippen molar-refractivity contribution < 1.29 is 110 Å². The maximum atomic E-state index is 13.6. The van der Waals surface area contributed by atoms with E-state index in [-0.39, 0.29) is 40.5 Å². The Morgan fingerprint density at radius 3 is 0.967 bits per heavy atom. The van der Waals surface area contributed by atoms with Gasteiger partial charge in [0.1, 0.15) is 34.7 Å². The van der Waals surface area contributed by atoms with Crippen LogP contribution in [0.5, 0.6) is 0 Å².